The molecule has 0 saturated carbocycles. The van der Waals surface area contributed by atoms with Gasteiger partial charge >= 0.3 is 0 Å². The maximum atomic E-state index is 13.1. The Kier molecular flexibility index (Phi) is 5.58. The van der Waals surface area contributed by atoms with Gasteiger partial charge in [0.15, 0.2) is 17.5 Å². The number of hydrogen-bond donors (Lipinski definition) is 2. The molecule has 1 rings (SSSR count). The second-order valence-electron chi connectivity index (χ2n) is 4.04. The van der Waals surface area contributed by atoms with Crippen molar-refractivity contribution in [2.24, 2.45) is 5.73 Å². The van der Waals surface area contributed by atoms with E-state index in [1.54, 1.807) is 7.11 Å². The average molecular weight is 262 g/mol. The number of nitrogens with one attached hydrogen (secondary N) is 1. The first-order chi connectivity index (χ1) is 8.49. The Labute approximate surface area is 104 Å². The minimum absolute atomic E-state index is 0.0609. The first-order valence-corrected chi connectivity index (χ1v) is 5.60. The van der Waals surface area contributed by atoms with Gasteiger partial charge in [0, 0.05) is 26.2 Å². The molecule has 1 aromatic rings. The molecule has 3 N–H and O–H groups in total. The quantitative estimate of drug-likeness (QED) is 0.767. The van der Waals surface area contributed by atoms with Gasteiger partial charge in [-0.25, -0.2) is 13.2 Å². The summed E-state index contributed by atoms with van der Waals surface area (Å²) in [5.41, 5.74) is 5.80. The van der Waals surface area contributed by atoms with Crippen LogP contribution in [-0.4, -0.2) is 26.3 Å². The molecule has 0 saturated heterocycles. The molecule has 6 heteroatoms. The summed E-state index contributed by atoms with van der Waals surface area (Å²) in [6.45, 7) is 2.45. The molecule has 0 aliphatic carbocycles. The molecular formula is C12H17F3N2O. The van der Waals surface area contributed by atoms with Crippen LogP contribution in [0.25, 0.3) is 0 Å². The number of ether oxygens (including phenoxy) is 1. The predicted octanol–water partition coefficient (Wildman–Crippen LogP) is 1.73. The summed E-state index contributed by atoms with van der Waals surface area (Å²) >= 11 is 0. The fourth-order valence-electron chi connectivity index (χ4n) is 1.51. The molecule has 0 aliphatic heterocycles. The van der Waals surface area contributed by atoms with Gasteiger partial charge in [-0.3, -0.25) is 0 Å². The van der Waals surface area contributed by atoms with E-state index in [2.05, 4.69) is 5.32 Å². The van der Waals surface area contributed by atoms with Gasteiger partial charge in [-0.15, -0.1) is 0 Å². The smallest absolute Gasteiger partial charge is 0.194 e. The van der Waals surface area contributed by atoms with Crippen molar-refractivity contribution in [2.75, 3.05) is 20.2 Å². The van der Waals surface area contributed by atoms with Crippen LogP contribution in [0, 0.1) is 17.5 Å². The van der Waals surface area contributed by atoms with Gasteiger partial charge in [-0.05, 0) is 24.6 Å². The van der Waals surface area contributed by atoms with Crippen LogP contribution >= 0.6 is 0 Å². The van der Waals surface area contributed by atoms with Crippen molar-refractivity contribution in [3.05, 3.63) is 35.1 Å². The van der Waals surface area contributed by atoms with E-state index < -0.39 is 23.5 Å². The number of halogens is 3. The summed E-state index contributed by atoms with van der Waals surface area (Å²) in [6.07, 6.45) is -0.0609. The van der Waals surface area contributed by atoms with E-state index in [9.17, 15) is 13.2 Å². The molecule has 2 unspecified atom stereocenters. The molecule has 2 atom stereocenters. The Bertz CT molecular complexity index is 378. The van der Waals surface area contributed by atoms with E-state index in [0.717, 1.165) is 12.1 Å². The zero-order valence-electron chi connectivity index (χ0n) is 10.3. The van der Waals surface area contributed by atoms with Crippen LogP contribution in [0.5, 0.6) is 0 Å². The monoisotopic (exact) mass is 262 g/mol. The summed E-state index contributed by atoms with van der Waals surface area (Å²) in [5, 5.41) is 3.00. The van der Waals surface area contributed by atoms with Gasteiger partial charge in [-0.2, -0.15) is 0 Å². The molecule has 102 valence electrons. The van der Waals surface area contributed by atoms with E-state index in [1.165, 1.54) is 0 Å². The fraction of sp³-hybridized carbons (Fsp3) is 0.500. The van der Waals surface area contributed by atoms with Crippen LogP contribution in [0.15, 0.2) is 12.1 Å². The average Bonchev–Trinajstić information content (AvgIpc) is 2.36. The van der Waals surface area contributed by atoms with Crippen LogP contribution in [0.2, 0.25) is 0 Å². The van der Waals surface area contributed by atoms with Gasteiger partial charge < -0.3 is 15.8 Å². The lowest BCUT2D eigenvalue weighted by molar-refractivity contribution is 0.114. The van der Waals surface area contributed by atoms with Crippen LogP contribution < -0.4 is 11.1 Å². The van der Waals surface area contributed by atoms with Crippen molar-refractivity contribution >= 4 is 0 Å². The highest BCUT2D eigenvalue weighted by molar-refractivity contribution is 5.23. The van der Waals surface area contributed by atoms with Crippen LogP contribution in [0.1, 0.15) is 18.5 Å². The lowest BCUT2D eigenvalue weighted by Crippen LogP contribution is -2.34. The van der Waals surface area contributed by atoms with Crippen molar-refractivity contribution < 1.29 is 17.9 Å². The van der Waals surface area contributed by atoms with Crippen LogP contribution in [0.4, 0.5) is 13.2 Å². The summed E-state index contributed by atoms with van der Waals surface area (Å²) in [5.74, 6) is -3.91. The molecule has 0 aromatic heterocycles. The Morgan fingerprint density at radius 3 is 2.28 bits per heavy atom. The largest absolute Gasteiger partial charge is 0.380 e. The minimum Gasteiger partial charge on any atom is -0.380 e. The lowest BCUT2D eigenvalue weighted by Gasteiger charge is -2.20. The minimum atomic E-state index is -1.47. The number of nitrogens with two attached hydrogens (primary N) is 1. The van der Waals surface area contributed by atoms with E-state index in [-0.39, 0.29) is 18.2 Å². The van der Waals surface area contributed by atoms with Gasteiger partial charge in [0.25, 0.3) is 0 Å². The van der Waals surface area contributed by atoms with Gasteiger partial charge in [-0.1, -0.05) is 0 Å². The molecule has 0 radical (unpaired) electrons. The van der Waals surface area contributed by atoms with Gasteiger partial charge in [0.05, 0.1) is 6.10 Å². The molecule has 0 amide bonds. The molecule has 0 spiro atoms. The summed E-state index contributed by atoms with van der Waals surface area (Å²) < 4.78 is 44.0. The first-order valence-electron chi connectivity index (χ1n) is 5.60. The zero-order chi connectivity index (χ0) is 13.7. The van der Waals surface area contributed by atoms with Crippen molar-refractivity contribution in [1.29, 1.82) is 0 Å². The molecule has 0 bridgehead atoms. The predicted molar refractivity (Wildman–Crippen MR) is 62.6 cm³/mol. The lowest BCUT2D eigenvalue weighted by atomic mass is 10.1. The zero-order valence-corrected chi connectivity index (χ0v) is 10.3. The number of methoxy groups -OCH3 is 1. The van der Waals surface area contributed by atoms with Crippen LogP contribution in [-0.2, 0) is 4.74 Å². The van der Waals surface area contributed by atoms with Gasteiger partial charge in [0.1, 0.15) is 0 Å². The molecular weight excluding hydrogens is 245 g/mol. The van der Waals surface area contributed by atoms with Crippen molar-refractivity contribution in [1.82, 2.24) is 5.32 Å². The molecule has 1 aromatic carbocycles. The first kappa shape index (κ1) is 14.9. The SMILES string of the molecule is COC(C)CNC(CN)c1cc(F)c(F)c(F)c1. The Morgan fingerprint density at radius 1 is 1.28 bits per heavy atom. The standard InChI is InChI=1S/C12H17F3N2O/c1-7(18-2)6-17-11(5-16)8-3-9(13)12(15)10(14)4-8/h3-4,7,11,17H,5-6,16H2,1-2H3. The Morgan fingerprint density at radius 2 is 1.83 bits per heavy atom. The van der Waals surface area contributed by atoms with E-state index in [4.69, 9.17) is 10.5 Å². The molecule has 0 aliphatic rings. The van der Waals surface area contributed by atoms with Crippen LogP contribution in [0.3, 0.4) is 0 Å². The number of benzene rings is 1. The highest BCUT2D eigenvalue weighted by Gasteiger charge is 2.16. The highest BCUT2D eigenvalue weighted by Crippen LogP contribution is 2.18. The fourth-order valence-corrected chi connectivity index (χ4v) is 1.51. The second-order valence-corrected chi connectivity index (χ2v) is 4.04. The third-order valence-corrected chi connectivity index (χ3v) is 2.70. The maximum absolute atomic E-state index is 13.1. The molecule has 0 heterocycles. The van der Waals surface area contributed by atoms with Crippen molar-refractivity contribution in [3.8, 4) is 0 Å². The van der Waals surface area contributed by atoms with Crippen molar-refractivity contribution in [2.45, 2.75) is 19.1 Å². The van der Waals surface area contributed by atoms with Gasteiger partial charge in [0.2, 0.25) is 0 Å². The van der Waals surface area contributed by atoms with Crippen molar-refractivity contribution in [3.63, 3.8) is 0 Å². The maximum Gasteiger partial charge on any atom is 0.194 e. The molecule has 18 heavy (non-hydrogen) atoms. The highest BCUT2D eigenvalue weighted by atomic mass is 19.2. The second kappa shape index (κ2) is 6.72. The van der Waals surface area contributed by atoms with E-state index in [1.807, 2.05) is 6.92 Å². The third-order valence-electron chi connectivity index (χ3n) is 2.70. The summed E-state index contributed by atoms with van der Waals surface area (Å²) in [6, 6.07) is 1.44. The number of rotatable bonds is 6. The topological polar surface area (TPSA) is 47.3 Å². The number of hydrogen-bond acceptors (Lipinski definition) is 3. The molecule has 0 fully saturated rings. The summed E-state index contributed by atoms with van der Waals surface area (Å²) in [4.78, 5) is 0. The third kappa shape index (κ3) is 3.69. The Balaban J connectivity index is 2.82. The van der Waals surface area contributed by atoms with E-state index in [0.29, 0.717) is 6.54 Å². The molecule has 3 nitrogen and oxygen atoms in total. The Hall–Kier alpha value is -1.11. The van der Waals surface area contributed by atoms with E-state index >= 15 is 0 Å². The normalized spacial score (nSPS) is 14.6. The summed E-state index contributed by atoms with van der Waals surface area (Å²) in [7, 11) is 1.56.